The summed E-state index contributed by atoms with van der Waals surface area (Å²) in [6, 6.07) is -0.0411. The SMILES string of the molecule is CCC(CSC)N(C)S(=O)(=O)N(C)CCC(=O)OC. The van der Waals surface area contributed by atoms with Crippen LogP contribution in [0.25, 0.3) is 0 Å². The second-order valence-corrected chi connectivity index (χ2v) is 7.19. The lowest BCUT2D eigenvalue weighted by Gasteiger charge is -2.30. The smallest absolute Gasteiger partial charge is 0.306 e. The number of esters is 1. The van der Waals surface area contributed by atoms with Crippen LogP contribution in [0, 0.1) is 0 Å². The second-order valence-electron chi connectivity index (χ2n) is 4.19. The molecule has 0 saturated heterocycles. The molecule has 0 bridgehead atoms. The van der Waals surface area contributed by atoms with Gasteiger partial charge >= 0.3 is 5.97 Å². The van der Waals surface area contributed by atoms with E-state index in [1.165, 1.54) is 22.8 Å². The van der Waals surface area contributed by atoms with Gasteiger partial charge in [0.1, 0.15) is 0 Å². The maximum Gasteiger partial charge on any atom is 0.306 e. The van der Waals surface area contributed by atoms with E-state index in [2.05, 4.69) is 4.74 Å². The zero-order valence-electron chi connectivity index (χ0n) is 12.2. The van der Waals surface area contributed by atoms with Crippen LogP contribution in [0.2, 0.25) is 0 Å². The van der Waals surface area contributed by atoms with Crippen LogP contribution < -0.4 is 0 Å². The summed E-state index contributed by atoms with van der Waals surface area (Å²) in [7, 11) is 0.806. The highest BCUT2D eigenvalue weighted by atomic mass is 32.2. The first-order valence-electron chi connectivity index (χ1n) is 6.06. The van der Waals surface area contributed by atoms with Crippen LogP contribution in [0.15, 0.2) is 0 Å². The molecule has 0 aliphatic carbocycles. The van der Waals surface area contributed by atoms with E-state index in [4.69, 9.17) is 0 Å². The van der Waals surface area contributed by atoms with Crippen molar-refractivity contribution in [2.45, 2.75) is 25.8 Å². The van der Waals surface area contributed by atoms with Crippen LogP contribution in [-0.2, 0) is 19.7 Å². The average molecular weight is 312 g/mol. The molecule has 0 heterocycles. The molecular weight excluding hydrogens is 288 g/mol. The average Bonchev–Trinajstić information content (AvgIpc) is 2.40. The summed E-state index contributed by atoms with van der Waals surface area (Å²) in [4.78, 5) is 11.0. The van der Waals surface area contributed by atoms with Gasteiger partial charge in [0, 0.05) is 32.4 Å². The quantitative estimate of drug-likeness (QED) is 0.589. The van der Waals surface area contributed by atoms with Gasteiger partial charge in [-0.15, -0.1) is 0 Å². The van der Waals surface area contributed by atoms with Crippen molar-refractivity contribution in [2.75, 3.05) is 39.8 Å². The minimum atomic E-state index is -3.53. The van der Waals surface area contributed by atoms with Gasteiger partial charge in [-0.25, -0.2) is 0 Å². The number of nitrogens with zero attached hydrogens (tertiary/aromatic N) is 2. The van der Waals surface area contributed by atoms with Crippen molar-refractivity contribution in [3.8, 4) is 0 Å². The van der Waals surface area contributed by atoms with Gasteiger partial charge in [0.05, 0.1) is 13.5 Å². The summed E-state index contributed by atoms with van der Waals surface area (Å²) in [5, 5.41) is 0. The van der Waals surface area contributed by atoms with Gasteiger partial charge in [-0.05, 0) is 12.7 Å². The minimum Gasteiger partial charge on any atom is -0.469 e. The van der Waals surface area contributed by atoms with E-state index in [1.807, 2.05) is 13.2 Å². The molecule has 19 heavy (non-hydrogen) atoms. The first-order valence-corrected chi connectivity index (χ1v) is 8.85. The van der Waals surface area contributed by atoms with Gasteiger partial charge in [0.15, 0.2) is 0 Å². The first kappa shape index (κ1) is 18.7. The summed E-state index contributed by atoms with van der Waals surface area (Å²) in [6.45, 7) is 2.08. The summed E-state index contributed by atoms with van der Waals surface area (Å²) in [5.74, 6) is 0.331. The molecule has 0 rings (SSSR count). The largest absolute Gasteiger partial charge is 0.469 e. The summed E-state index contributed by atoms with van der Waals surface area (Å²) in [5.41, 5.74) is 0. The Morgan fingerprint density at radius 3 is 2.37 bits per heavy atom. The molecular formula is C11H24N2O4S2. The predicted octanol–water partition coefficient (Wildman–Crippen LogP) is 0.800. The van der Waals surface area contributed by atoms with Gasteiger partial charge in [-0.1, -0.05) is 6.92 Å². The highest BCUT2D eigenvalue weighted by Crippen LogP contribution is 2.15. The Morgan fingerprint density at radius 1 is 1.37 bits per heavy atom. The van der Waals surface area contributed by atoms with Crippen molar-refractivity contribution in [2.24, 2.45) is 0 Å². The van der Waals surface area contributed by atoms with Crippen molar-refractivity contribution in [3.63, 3.8) is 0 Å². The van der Waals surface area contributed by atoms with E-state index in [-0.39, 0.29) is 19.0 Å². The Bertz CT molecular complexity index is 373. The zero-order valence-corrected chi connectivity index (χ0v) is 13.9. The fourth-order valence-corrected chi connectivity index (χ4v) is 3.85. The maximum atomic E-state index is 12.3. The number of ether oxygens (including phenoxy) is 1. The Kier molecular flexibility index (Phi) is 8.64. The number of hydrogen-bond acceptors (Lipinski definition) is 5. The van der Waals surface area contributed by atoms with Gasteiger partial charge < -0.3 is 4.74 Å². The molecule has 0 aliphatic heterocycles. The Balaban J connectivity index is 4.70. The van der Waals surface area contributed by atoms with E-state index in [1.54, 1.807) is 18.8 Å². The van der Waals surface area contributed by atoms with Crippen LogP contribution in [0.4, 0.5) is 0 Å². The Hall–Kier alpha value is -0.310. The van der Waals surface area contributed by atoms with Crippen LogP contribution in [0.5, 0.6) is 0 Å². The first-order chi connectivity index (χ1) is 8.81. The molecule has 0 saturated carbocycles. The molecule has 0 fully saturated rings. The molecule has 0 radical (unpaired) electrons. The molecule has 0 spiro atoms. The lowest BCUT2D eigenvalue weighted by molar-refractivity contribution is -0.140. The van der Waals surface area contributed by atoms with Gasteiger partial charge in [-0.3, -0.25) is 4.79 Å². The molecule has 0 N–H and O–H groups in total. The van der Waals surface area contributed by atoms with E-state index < -0.39 is 16.2 Å². The fourth-order valence-electron chi connectivity index (χ4n) is 1.55. The molecule has 0 amide bonds. The highest BCUT2D eigenvalue weighted by molar-refractivity contribution is 7.98. The Labute approximate surface area is 120 Å². The van der Waals surface area contributed by atoms with Crippen molar-refractivity contribution in [1.29, 1.82) is 0 Å². The Morgan fingerprint density at radius 2 is 1.95 bits per heavy atom. The molecule has 6 nitrogen and oxygen atoms in total. The van der Waals surface area contributed by atoms with Crippen molar-refractivity contribution in [3.05, 3.63) is 0 Å². The number of rotatable bonds is 9. The summed E-state index contributed by atoms with van der Waals surface area (Å²) in [6.07, 6.45) is 2.75. The maximum absolute atomic E-state index is 12.3. The molecule has 0 aliphatic rings. The van der Waals surface area contributed by atoms with Crippen LogP contribution in [0.3, 0.4) is 0 Å². The topological polar surface area (TPSA) is 66.9 Å². The lowest BCUT2D eigenvalue weighted by atomic mass is 10.3. The third-order valence-electron chi connectivity index (χ3n) is 2.96. The second kappa shape index (κ2) is 8.78. The summed E-state index contributed by atoms with van der Waals surface area (Å²) >= 11 is 1.61. The van der Waals surface area contributed by atoms with Crippen LogP contribution >= 0.6 is 11.8 Å². The minimum absolute atomic E-state index is 0.0411. The van der Waals surface area contributed by atoms with E-state index in [9.17, 15) is 13.2 Å². The van der Waals surface area contributed by atoms with E-state index >= 15 is 0 Å². The van der Waals surface area contributed by atoms with Gasteiger partial charge in [0.2, 0.25) is 0 Å². The van der Waals surface area contributed by atoms with Crippen molar-refractivity contribution < 1.29 is 17.9 Å². The summed E-state index contributed by atoms with van der Waals surface area (Å²) < 4.78 is 31.7. The molecule has 8 heteroatoms. The predicted molar refractivity (Wildman–Crippen MR) is 78.4 cm³/mol. The number of carbonyl (C=O) groups excluding carboxylic acids is 1. The third-order valence-corrected chi connectivity index (χ3v) is 5.68. The number of carbonyl (C=O) groups is 1. The molecule has 1 unspecified atom stereocenters. The fraction of sp³-hybridized carbons (Fsp3) is 0.909. The number of thioether (sulfide) groups is 1. The molecule has 114 valence electrons. The van der Waals surface area contributed by atoms with Gasteiger partial charge in [0.25, 0.3) is 10.2 Å². The number of hydrogen-bond donors (Lipinski definition) is 0. The molecule has 0 aromatic rings. The van der Waals surface area contributed by atoms with Gasteiger partial charge in [-0.2, -0.15) is 28.8 Å². The van der Waals surface area contributed by atoms with E-state index in [0.717, 1.165) is 12.2 Å². The molecule has 1 atom stereocenters. The van der Waals surface area contributed by atoms with Crippen molar-refractivity contribution in [1.82, 2.24) is 8.61 Å². The van der Waals surface area contributed by atoms with Crippen LogP contribution in [-0.4, -0.2) is 68.8 Å². The third kappa shape index (κ3) is 5.68. The standard InChI is InChI=1S/C11H24N2O4S2/c1-6-10(9-18-5)13(3)19(15,16)12(2)8-7-11(14)17-4/h10H,6-9H2,1-5H3. The number of methoxy groups -OCH3 is 1. The normalized spacial score (nSPS) is 13.8. The monoisotopic (exact) mass is 312 g/mol. The highest BCUT2D eigenvalue weighted by Gasteiger charge is 2.28. The van der Waals surface area contributed by atoms with Crippen molar-refractivity contribution >= 4 is 27.9 Å². The molecule has 0 aromatic carbocycles. The molecule has 0 aromatic heterocycles. The zero-order chi connectivity index (χ0) is 15.1. The van der Waals surface area contributed by atoms with E-state index in [0.29, 0.717) is 0 Å². The van der Waals surface area contributed by atoms with Crippen LogP contribution in [0.1, 0.15) is 19.8 Å². The lowest BCUT2D eigenvalue weighted by Crippen LogP contribution is -2.46.